The van der Waals surface area contributed by atoms with Crippen molar-refractivity contribution in [2.45, 2.75) is 32.6 Å². The monoisotopic (exact) mass is 230 g/mol. The molecule has 1 aromatic carbocycles. The Morgan fingerprint density at radius 2 is 1.53 bits per heavy atom. The van der Waals surface area contributed by atoms with E-state index in [9.17, 15) is 0 Å². The maximum absolute atomic E-state index is 9.09. The van der Waals surface area contributed by atoms with Crippen LogP contribution in [0.1, 0.15) is 32.8 Å². The van der Waals surface area contributed by atoms with Gasteiger partial charge in [0.1, 0.15) is 0 Å². The fourth-order valence-electron chi connectivity index (χ4n) is 1.35. The number of hydrogen-bond donors (Lipinski definition) is 3. The minimum atomic E-state index is -4.13. The van der Waals surface area contributed by atoms with Crippen LogP contribution in [0.25, 0.3) is 0 Å². The normalized spacial score (nSPS) is 14.0. The van der Waals surface area contributed by atoms with E-state index < -0.39 is 7.94 Å². The van der Waals surface area contributed by atoms with Crippen molar-refractivity contribution in [3.05, 3.63) is 29.8 Å². The van der Waals surface area contributed by atoms with Crippen molar-refractivity contribution in [1.82, 2.24) is 0 Å². The summed E-state index contributed by atoms with van der Waals surface area (Å²) in [6.45, 7) is 6.37. The Kier molecular flexibility index (Phi) is 3.51. The molecule has 0 radical (unpaired) electrons. The van der Waals surface area contributed by atoms with Crippen LogP contribution in [0.5, 0.6) is 0 Å². The van der Waals surface area contributed by atoms with E-state index in [0.717, 1.165) is 12.0 Å². The van der Waals surface area contributed by atoms with E-state index in [1.807, 2.05) is 12.1 Å². The second-order valence-corrected chi connectivity index (χ2v) is 6.30. The third-order valence-corrected chi connectivity index (χ3v) is 4.05. The van der Waals surface area contributed by atoms with E-state index in [1.165, 1.54) is 0 Å². The van der Waals surface area contributed by atoms with Gasteiger partial charge in [-0.15, -0.1) is 0 Å². The zero-order valence-electron chi connectivity index (χ0n) is 9.36. The molecule has 15 heavy (non-hydrogen) atoms. The molecule has 4 heteroatoms. The van der Waals surface area contributed by atoms with Gasteiger partial charge >= 0.3 is 90.4 Å². The van der Waals surface area contributed by atoms with Gasteiger partial charge in [-0.1, -0.05) is 0 Å². The van der Waals surface area contributed by atoms with E-state index >= 15 is 0 Å². The van der Waals surface area contributed by atoms with Gasteiger partial charge in [0, 0.05) is 0 Å². The first-order valence-electron chi connectivity index (χ1n) is 5.05. The quantitative estimate of drug-likeness (QED) is 0.689. The molecule has 0 spiro atoms. The zero-order chi connectivity index (χ0) is 11.7. The van der Waals surface area contributed by atoms with Crippen LogP contribution < -0.4 is 5.30 Å². The van der Waals surface area contributed by atoms with E-state index in [2.05, 4.69) is 20.8 Å². The second kappa shape index (κ2) is 4.18. The molecule has 0 saturated carbocycles. The van der Waals surface area contributed by atoms with Crippen LogP contribution in [0.4, 0.5) is 0 Å². The van der Waals surface area contributed by atoms with Crippen LogP contribution in [-0.2, 0) is 5.41 Å². The Morgan fingerprint density at radius 3 is 1.87 bits per heavy atom. The summed E-state index contributed by atoms with van der Waals surface area (Å²) in [5, 5.41) is 0.221. The molecule has 0 fully saturated rings. The molecule has 1 aromatic rings. The van der Waals surface area contributed by atoms with Crippen molar-refractivity contribution >= 4 is 13.2 Å². The van der Waals surface area contributed by atoms with Crippen LogP contribution in [-0.4, -0.2) is 14.7 Å². The van der Waals surface area contributed by atoms with Crippen molar-refractivity contribution in [3.63, 3.8) is 0 Å². The van der Waals surface area contributed by atoms with E-state index in [0.29, 0.717) is 0 Å². The molecule has 0 aromatic heterocycles. The molecule has 0 heterocycles. The minimum absolute atomic E-state index is 0.0725. The molecule has 3 N–H and O–H groups in total. The Bertz CT molecular complexity index is 325. The molecule has 0 atom stereocenters. The van der Waals surface area contributed by atoms with Gasteiger partial charge in [0.25, 0.3) is 0 Å². The topological polar surface area (TPSA) is 60.7 Å². The van der Waals surface area contributed by atoms with Gasteiger partial charge in [-0.2, -0.15) is 0 Å². The summed E-state index contributed by atoms with van der Waals surface area (Å²) in [5.74, 6) is 0. The SMILES string of the molecule is CCC(C)(C)c1ccc([PH](O)(O)O)cc1. The summed E-state index contributed by atoms with van der Waals surface area (Å²) in [7, 11) is -4.13. The Labute approximate surface area is 91.0 Å². The second-order valence-electron chi connectivity index (χ2n) is 4.45. The van der Waals surface area contributed by atoms with Gasteiger partial charge in [0.15, 0.2) is 0 Å². The van der Waals surface area contributed by atoms with Gasteiger partial charge in [-0.05, 0) is 0 Å². The summed E-state index contributed by atoms with van der Waals surface area (Å²) in [5.41, 5.74) is 1.20. The fraction of sp³-hybridized carbons (Fsp3) is 0.455. The van der Waals surface area contributed by atoms with Gasteiger partial charge < -0.3 is 0 Å². The molecule has 86 valence electrons. The molecule has 0 bridgehead atoms. The maximum atomic E-state index is 9.09. The van der Waals surface area contributed by atoms with Gasteiger partial charge in [0.05, 0.1) is 0 Å². The molecule has 3 nitrogen and oxygen atoms in total. The molecule has 0 aliphatic carbocycles. The van der Waals surface area contributed by atoms with Gasteiger partial charge in [-0.25, -0.2) is 0 Å². The summed E-state index contributed by atoms with van der Waals surface area (Å²) in [6, 6.07) is 6.84. The van der Waals surface area contributed by atoms with Crippen molar-refractivity contribution < 1.29 is 14.7 Å². The van der Waals surface area contributed by atoms with E-state index in [1.54, 1.807) is 12.1 Å². The number of benzene rings is 1. The molecular weight excluding hydrogens is 211 g/mol. The Hall–Kier alpha value is -0.470. The van der Waals surface area contributed by atoms with Gasteiger partial charge in [-0.3, -0.25) is 0 Å². The van der Waals surface area contributed by atoms with Crippen LogP contribution >= 0.6 is 7.94 Å². The van der Waals surface area contributed by atoms with Crippen molar-refractivity contribution in [1.29, 1.82) is 0 Å². The first-order valence-corrected chi connectivity index (χ1v) is 6.89. The molecule has 0 aliphatic rings. The van der Waals surface area contributed by atoms with Gasteiger partial charge in [0.2, 0.25) is 0 Å². The number of rotatable bonds is 3. The van der Waals surface area contributed by atoms with Crippen molar-refractivity contribution in [3.8, 4) is 0 Å². The first-order chi connectivity index (χ1) is 6.77. The third kappa shape index (κ3) is 2.99. The summed E-state index contributed by atoms with van der Waals surface area (Å²) in [6.07, 6.45) is 1.01. The van der Waals surface area contributed by atoms with E-state index in [4.69, 9.17) is 14.7 Å². The predicted octanol–water partition coefficient (Wildman–Crippen LogP) is 1.47. The Balaban J connectivity index is 3.01. The first kappa shape index (κ1) is 12.6. The number of hydrogen-bond acceptors (Lipinski definition) is 3. The van der Waals surface area contributed by atoms with Crippen LogP contribution in [0.15, 0.2) is 24.3 Å². The van der Waals surface area contributed by atoms with Crippen LogP contribution in [0.3, 0.4) is 0 Å². The molecule has 1 rings (SSSR count). The molecule has 0 saturated heterocycles. The van der Waals surface area contributed by atoms with Crippen LogP contribution in [0, 0.1) is 0 Å². The van der Waals surface area contributed by atoms with E-state index in [-0.39, 0.29) is 10.7 Å². The fourth-order valence-corrected chi connectivity index (χ4v) is 1.96. The standard InChI is InChI=1S/C11H19O3P/c1-4-11(2,3)9-5-7-10(8-6-9)15(12,13)14/h5-8,12-15H,4H2,1-3H3. The molecule has 0 amide bonds. The molecule has 0 unspecified atom stereocenters. The third-order valence-electron chi connectivity index (χ3n) is 2.94. The summed E-state index contributed by atoms with van der Waals surface area (Å²) < 4.78 is 0. The average molecular weight is 230 g/mol. The van der Waals surface area contributed by atoms with Crippen molar-refractivity contribution in [2.75, 3.05) is 0 Å². The Morgan fingerprint density at radius 1 is 1.07 bits per heavy atom. The summed E-state index contributed by atoms with van der Waals surface area (Å²) in [4.78, 5) is 27.3. The zero-order valence-corrected chi connectivity index (χ0v) is 10.4. The van der Waals surface area contributed by atoms with Crippen molar-refractivity contribution in [2.24, 2.45) is 0 Å². The molecule has 0 aliphatic heterocycles. The molecular formula is C11H19O3P. The average Bonchev–Trinajstić information content (AvgIpc) is 2.17. The summed E-state index contributed by atoms with van der Waals surface area (Å²) >= 11 is 0. The predicted molar refractivity (Wildman–Crippen MR) is 64.4 cm³/mol. The van der Waals surface area contributed by atoms with Crippen LogP contribution in [0.2, 0.25) is 0 Å².